The van der Waals surface area contributed by atoms with Gasteiger partial charge in [0, 0.05) is 11.9 Å². The van der Waals surface area contributed by atoms with Gasteiger partial charge in [0.15, 0.2) is 0 Å². The van der Waals surface area contributed by atoms with Crippen LogP contribution in [0.2, 0.25) is 10.0 Å². The second kappa shape index (κ2) is 5.90. The van der Waals surface area contributed by atoms with Crippen molar-refractivity contribution in [3.8, 4) is 11.6 Å². The molecular weight excluding hydrogens is 307 g/mol. The number of fused-ring (bicyclic) bond motifs is 1. The van der Waals surface area contributed by atoms with Gasteiger partial charge < -0.3 is 10.5 Å². The Morgan fingerprint density at radius 1 is 1.05 bits per heavy atom. The third-order valence-corrected chi connectivity index (χ3v) is 3.89. The van der Waals surface area contributed by atoms with E-state index in [2.05, 4.69) is 4.98 Å². The highest BCUT2D eigenvalue weighted by Gasteiger charge is 2.11. The van der Waals surface area contributed by atoms with Gasteiger partial charge in [-0.15, -0.1) is 0 Å². The summed E-state index contributed by atoms with van der Waals surface area (Å²) in [4.78, 5) is 4.44. The van der Waals surface area contributed by atoms with Crippen LogP contribution in [0.5, 0.6) is 11.6 Å². The van der Waals surface area contributed by atoms with Gasteiger partial charge >= 0.3 is 0 Å². The minimum absolute atomic E-state index is 0.338. The third-order valence-electron chi connectivity index (χ3n) is 3.09. The third kappa shape index (κ3) is 2.81. The minimum Gasteiger partial charge on any atom is -0.437 e. The molecule has 0 aliphatic heterocycles. The van der Waals surface area contributed by atoms with Gasteiger partial charge in [-0.1, -0.05) is 47.5 Å². The number of aromatic nitrogens is 1. The average Bonchev–Trinajstić information content (AvgIpc) is 2.51. The predicted octanol–water partition coefficient (Wildman–Crippen LogP) is 4.79. The molecule has 3 aromatic rings. The van der Waals surface area contributed by atoms with Gasteiger partial charge in [-0.3, -0.25) is 0 Å². The molecule has 0 radical (unpaired) electrons. The van der Waals surface area contributed by atoms with Crippen LogP contribution in [-0.2, 0) is 6.54 Å². The monoisotopic (exact) mass is 318 g/mol. The summed E-state index contributed by atoms with van der Waals surface area (Å²) in [5, 5.41) is 2.71. The smallest absolute Gasteiger partial charge is 0.227 e. The van der Waals surface area contributed by atoms with E-state index < -0.39 is 0 Å². The van der Waals surface area contributed by atoms with E-state index in [-0.39, 0.29) is 0 Å². The molecule has 5 heteroatoms. The van der Waals surface area contributed by atoms with Gasteiger partial charge in [-0.05, 0) is 29.7 Å². The summed E-state index contributed by atoms with van der Waals surface area (Å²) in [6.07, 6.45) is 0. The molecule has 21 heavy (non-hydrogen) atoms. The average molecular weight is 319 g/mol. The Balaban J connectivity index is 2.13. The zero-order valence-corrected chi connectivity index (χ0v) is 12.5. The van der Waals surface area contributed by atoms with E-state index in [0.717, 1.165) is 16.5 Å². The highest BCUT2D eigenvalue weighted by Crippen LogP contribution is 2.36. The van der Waals surface area contributed by atoms with Crippen molar-refractivity contribution < 1.29 is 4.74 Å². The van der Waals surface area contributed by atoms with E-state index in [1.165, 1.54) is 0 Å². The van der Waals surface area contributed by atoms with Crippen molar-refractivity contribution in [2.24, 2.45) is 5.73 Å². The molecule has 0 unspecified atom stereocenters. The number of hydrogen-bond donors (Lipinski definition) is 1. The Bertz CT molecular complexity index is 805. The van der Waals surface area contributed by atoms with Crippen molar-refractivity contribution in [2.75, 3.05) is 0 Å². The maximum Gasteiger partial charge on any atom is 0.227 e. The molecule has 0 aliphatic rings. The molecular formula is C16H12Cl2N2O. The van der Waals surface area contributed by atoms with E-state index in [9.17, 15) is 0 Å². The second-order valence-electron chi connectivity index (χ2n) is 4.50. The number of hydrogen-bond acceptors (Lipinski definition) is 3. The molecule has 0 saturated heterocycles. The first-order valence-electron chi connectivity index (χ1n) is 6.39. The Labute approximate surface area is 132 Å². The fourth-order valence-corrected chi connectivity index (χ4v) is 2.40. The molecule has 2 aromatic carbocycles. The normalized spacial score (nSPS) is 10.8. The maximum absolute atomic E-state index is 6.16. The van der Waals surface area contributed by atoms with Crippen molar-refractivity contribution in [1.29, 1.82) is 0 Å². The van der Waals surface area contributed by atoms with Gasteiger partial charge in [0.05, 0.1) is 10.7 Å². The first-order valence-corrected chi connectivity index (χ1v) is 7.15. The second-order valence-corrected chi connectivity index (χ2v) is 5.28. The molecule has 0 bridgehead atoms. The quantitative estimate of drug-likeness (QED) is 0.755. The molecule has 1 aromatic heterocycles. The first-order chi connectivity index (χ1) is 10.2. The maximum atomic E-state index is 6.16. The van der Waals surface area contributed by atoms with Crippen molar-refractivity contribution in [3.63, 3.8) is 0 Å². The standard InChI is InChI=1S/C16H12Cl2N2O/c17-13-6-3-7-14(15(13)18)21-16-12-5-2-1-4-10(12)8-11(9-19)20-16/h1-8H,9,19H2. The number of rotatable bonds is 3. The zero-order chi connectivity index (χ0) is 14.8. The number of nitrogens with two attached hydrogens (primary N) is 1. The van der Waals surface area contributed by atoms with Crippen molar-refractivity contribution in [1.82, 2.24) is 4.98 Å². The number of halogens is 2. The van der Waals surface area contributed by atoms with Crippen LogP contribution in [0.15, 0.2) is 48.5 Å². The molecule has 0 aliphatic carbocycles. The number of benzene rings is 2. The van der Waals surface area contributed by atoms with E-state index in [4.69, 9.17) is 33.7 Å². The van der Waals surface area contributed by atoms with Gasteiger partial charge in [-0.2, -0.15) is 0 Å². The topological polar surface area (TPSA) is 48.1 Å². The Hall–Kier alpha value is -1.81. The molecule has 0 fully saturated rings. The van der Waals surface area contributed by atoms with Crippen LogP contribution in [0, 0.1) is 0 Å². The van der Waals surface area contributed by atoms with Crippen LogP contribution >= 0.6 is 23.2 Å². The lowest BCUT2D eigenvalue weighted by atomic mass is 10.1. The largest absolute Gasteiger partial charge is 0.437 e. The van der Waals surface area contributed by atoms with Crippen LogP contribution in [0.1, 0.15) is 5.69 Å². The fraction of sp³-hybridized carbons (Fsp3) is 0.0625. The van der Waals surface area contributed by atoms with E-state index in [1.54, 1.807) is 18.2 Å². The lowest BCUT2D eigenvalue weighted by Crippen LogP contribution is -2.01. The summed E-state index contributed by atoms with van der Waals surface area (Å²) in [7, 11) is 0. The van der Waals surface area contributed by atoms with Crippen LogP contribution in [0.3, 0.4) is 0 Å². The zero-order valence-electron chi connectivity index (χ0n) is 11.0. The Kier molecular flexibility index (Phi) is 3.97. The molecule has 0 atom stereocenters. The fourth-order valence-electron chi connectivity index (χ4n) is 2.07. The summed E-state index contributed by atoms with van der Waals surface area (Å²) in [6, 6.07) is 15.0. The van der Waals surface area contributed by atoms with E-state index in [0.29, 0.717) is 28.2 Å². The summed E-state index contributed by atoms with van der Waals surface area (Å²) in [5.41, 5.74) is 6.44. The molecule has 1 heterocycles. The van der Waals surface area contributed by atoms with Crippen LogP contribution < -0.4 is 10.5 Å². The number of nitrogens with zero attached hydrogens (tertiary/aromatic N) is 1. The number of ether oxygens (including phenoxy) is 1. The lowest BCUT2D eigenvalue weighted by molar-refractivity contribution is 0.467. The Morgan fingerprint density at radius 2 is 1.86 bits per heavy atom. The highest BCUT2D eigenvalue weighted by molar-refractivity contribution is 6.42. The molecule has 3 nitrogen and oxygen atoms in total. The first kappa shape index (κ1) is 14.1. The van der Waals surface area contributed by atoms with E-state index in [1.807, 2.05) is 30.3 Å². The van der Waals surface area contributed by atoms with Gasteiger partial charge in [0.25, 0.3) is 0 Å². The molecule has 106 valence electrons. The van der Waals surface area contributed by atoms with Crippen molar-refractivity contribution in [2.45, 2.75) is 6.54 Å². The number of pyridine rings is 1. The van der Waals surface area contributed by atoms with Gasteiger partial charge in [-0.25, -0.2) is 4.98 Å². The molecule has 3 rings (SSSR count). The summed E-state index contributed by atoms with van der Waals surface area (Å²) in [5.74, 6) is 0.939. The predicted molar refractivity (Wildman–Crippen MR) is 86.2 cm³/mol. The summed E-state index contributed by atoms with van der Waals surface area (Å²) >= 11 is 12.2. The van der Waals surface area contributed by atoms with E-state index >= 15 is 0 Å². The molecule has 0 spiro atoms. The molecule has 2 N–H and O–H groups in total. The van der Waals surface area contributed by atoms with Crippen molar-refractivity contribution in [3.05, 3.63) is 64.3 Å². The van der Waals surface area contributed by atoms with Crippen LogP contribution in [0.4, 0.5) is 0 Å². The Morgan fingerprint density at radius 3 is 2.67 bits per heavy atom. The molecule has 0 saturated carbocycles. The highest BCUT2D eigenvalue weighted by atomic mass is 35.5. The van der Waals surface area contributed by atoms with Gasteiger partial charge in [0.2, 0.25) is 5.88 Å². The van der Waals surface area contributed by atoms with Crippen LogP contribution in [-0.4, -0.2) is 4.98 Å². The molecule has 0 amide bonds. The lowest BCUT2D eigenvalue weighted by Gasteiger charge is -2.11. The van der Waals surface area contributed by atoms with Crippen molar-refractivity contribution >= 4 is 34.0 Å². The SMILES string of the molecule is NCc1cc2ccccc2c(Oc2cccc(Cl)c2Cl)n1. The minimum atomic E-state index is 0.338. The van der Waals surface area contributed by atoms with Crippen LogP contribution in [0.25, 0.3) is 10.8 Å². The summed E-state index contributed by atoms with van der Waals surface area (Å²) < 4.78 is 5.86. The van der Waals surface area contributed by atoms with Gasteiger partial charge in [0.1, 0.15) is 10.8 Å². The summed E-state index contributed by atoms with van der Waals surface area (Å²) in [6.45, 7) is 0.338.